The van der Waals surface area contributed by atoms with E-state index in [0.29, 0.717) is 17.0 Å². The monoisotopic (exact) mass is 315 g/mol. The maximum absolute atomic E-state index is 12.5. The van der Waals surface area contributed by atoms with Crippen molar-refractivity contribution in [1.29, 1.82) is 0 Å². The number of carbonyl (C=O) groups excluding carboxylic acids is 1. The number of nitrogens with two attached hydrogens (primary N) is 1. The molecule has 0 saturated carbocycles. The summed E-state index contributed by atoms with van der Waals surface area (Å²) in [7, 11) is 1.56. The molecule has 22 heavy (non-hydrogen) atoms. The number of carbonyl (C=O) groups is 1. The highest BCUT2D eigenvalue weighted by molar-refractivity contribution is 7.99. The molecule has 0 unspecified atom stereocenters. The van der Waals surface area contributed by atoms with Gasteiger partial charge in [-0.15, -0.1) is 11.8 Å². The highest BCUT2D eigenvalue weighted by Gasteiger charge is 2.22. The third-order valence-electron chi connectivity index (χ3n) is 3.60. The number of hydrogen-bond donors (Lipinski definition) is 2. The minimum Gasteiger partial charge on any atom is -0.496 e. The van der Waals surface area contributed by atoms with Crippen LogP contribution < -0.4 is 15.8 Å². The van der Waals surface area contributed by atoms with Crippen LogP contribution in [0.5, 0.6) is 5.75 Å². The number of fused-ring (bicyclic) bond motifs is 1. The Balaban J connectivity index is 1.94. The molecule has 1 aromatic carbocycles. The Morgan fingerprint density at radius 1 is 1.41 bits per heavy atom. The number of aromatic nitrogens is 1. The summed E-state index contributed by atoms with van der Waals surface area (Å²) in [5.41, 5.74) is 8.40. The molecular weight excluding hydrogens is 298 g/mol. The first-order chi connectivity index (χ1) is 10.7. The Bertz CT molecular complexity index is 691. The highest BCUT2D eigenvalue weighted by atomic mass is 32.2. The van der Waals surface area contributed by atoms with Crippen LogP contribution in [0.2, 0.25) is 0 Å². The summed E-state index contributed by atoms with van der Waals surface area (Å²) in [4.78, 5) is 17.5. The van der Waals surface area contributed by atoms with Crippen molar-refractivity contribution < 1.29 is 9.53 Å². The fraction of sp³-hybridized carbons (Fsp3) is 0.250. The lowest BCUT2D eigenvalue weighted by Crippen LogP contribution is -2.18. The number of methoxy groups -OCH3 is 1. The largest absolute Gasteiger partial charge is 0.496 e. The lowest BCUT2D eigenvalue weighted by molar-refractivity contribution is 0.102. The number of thioether (sulfide) groups is 1. The molecule has 0 bridgehead atoms. The van der Waals surface area contributed by atoms with Gasteiger partial charge in [0.25, 0.3) is 5.91 Å². The standard InChI is InChI=1S/C16H17N3O2S/c1-21-14-8-11-13(17)4-7-22-15(11)9-12(14)16(20)19-10-2-5-18-6-3-10/h2-3,5-6,8-9,13H,4,7,17H2,1H3,(H,18,19,20)/t13-/m1/s1. The van der Waals surface area contributed by atoms with Crippen molar-refractivity contribution in [2.24, 2.45) is 5.73 Å². The lowest BCUT2D eigenvalue weighted by atomic mass is 10.0. The van der Waals surface area contributed by atoms with E-state index in [0.717, 1.165) is 22.6 Å². The van der Waals surface area contributed by atoms with Crippen molar-refractivity contribution in [2.45, 2.75) is 17.4 Å². The van der Waals surface area contributed by atoms with Gasteiger partial charge in [0.1, 0.15) is 5.75 Å². The summed E-state index contributed by atoms with van der Waals surface area (Å²) >= 11 is 1.72. The number of hydrogen-bond acceptors (Lipinski definition) is 5. The van der Waals surface area contributed by atoms with E-state index >= 15 is 0 Å². The van der Waals surface area contributed by atoms with E-state index in [1.165, 1.54) is 0 Å². The summed E-state index contributed by atoms with van der Waals surface area (Å²) in [5, 5.41) is 2.85. The zero-order valence-electron chi connectivity index (χ0n) is 12.2. The summed E-state index contributed by atoms with van der Waals surface area (Å²) in [6, 6.07) is 7.24. The van der Waals surface area contributed by atoms with E-state index in [2.05, 4.69) is 10.3 Å². The fourth-order valence-electron chi connectivity index (χ4n) is 2.42. The van der Waals surface area contributed by atoms with Gasteiger partial charge in [0, 0.05) is 29.0 Å². The van der Waals surface area contributed by atoms with Gasteiger partial charge in [0.15, 0.2) is 0 Å². The van der Waals surface area contributed by atoms with Gasteiger partial charge >= 0.3 is 0 Å². The molecule has 6 heteroatoms. The molecular formula is C16H17N3O2S. The molecule has 5 nitrogen and oxygen atoms in total. The van der Waals surface area contributed by atoms with Gasteiger partial charge in [-0.2, -0.15) is 0 Å². The summed E-state index contributed by atoms with van der Waals surface area (Å²) < 4.78 is 5.38. The van der Waals surface area contributed by atoms with Gasteiger partial charge in [-0.1, -0.05) is 0 Å². The van der Waals surface area contributed by atoms with Crippen LogP contribution in [0.3, 0.4) is 0 Å². The number of rotatable bonds is 3. The molecule has 1 atom stereocenters. The average molecular weight is 315 g/mol. The first kappa shape index (κ1) is 14.9. The van der Waals surface area contributed by atoms with Crippen molar-refractivity contribution >= 4 is 23.4 Å². The van der Waals surface area contributed by atoms with Crippen molar-refractivity contribution in [3.8, 4) is 5.75 Å². The van der Waals surface area contributed by atoms with Crippen LogP contribution in [0.4, 0.5) is 5.69 Å². The van der Waals surface area contributed by atoms with Crippen molar-refractivity contribution in [3.63, 3.8) is 0 Å². The molecule has 1 aliphatic rings. The van der Waals surface area contributed by atoms with E-state index < -0.39 is 0 Å². The van der Waals surface area contributed by atoms with Gasteiger partial charge in [-0.25, -0.2) is 0 Å². The van der Waals surface area contributed by atoms with Gasteiger partial charge in [0.05, 0.1) is 12.7 Å². The number of nitrogens with one attached hydrogen (secondary N) is 1. The van der Waals surface area contributed by atoms with Gasteiger partial charge < -0.3 is 15.8 Å². The molecule has 0 saturated heterocycles. The van der Waals surface area contributed by atoms with E-state index in [9.17, 15) is 4.79 Å². The van der Waals surface area contributed by atoms with Crippen molar-refractivity contribution in [3.05, 3.63) is 47.8 Å². The number of nitrogens with zero attached hydrogens (tertiary/aromatic N) is 1. The van der Waals surface area contributed by atoms with E-state index in [-0.39, 0.29) is 11.9 Å². The molecule has 0 aliphatic carbocycles. The van der Waals surface area contributed by atoms with Crippen molar-refractivity contribution in [2.75, 3.05) is 18.2 Å². The number of ether oxygens (including phenoxy) is 1. The second-order valence-electron chi connectivity index (χ2n) is 5.02. The van der Waals surface area contributed by atoms with Gasteiger partial charge in [0.2, 0.25) is 0 Å². The molecule has 0 spiro atoms. The van der Waals surface area contributed by atoms with E-state index in [1.807, 2.05) is 12.1 Å². The summed E-state index contributed by atoms with van der Waals surface area (Å²) in [6.45, 7) is 0. The first-order valence-corrected chi connectivity index (χ1v) is 7.99. The maximum Gasteiger partial charge on any atom is 0.259 e. The number of anilines is 1. The van der Waals surface area contributed by atoms with Crippen LogP contribution >= 0.6 is 11.8 Å². The van der Waals surface area contributed by atoms with Crippen LogP contribution in [0.1, 0.15) is 28.4 Å². The molecule has 1 amide bonds. The second kappa shape index (κ2) is 6.37. The Labute approximate surface area is 133 Å². The number of pyridine rings is 1. The molecule has 114 valence electrons. The topological polar surface area (TPSA) is 77.2 Å². The van der Waals surface area contributed by atoms with Crippen LogP contribution in [0.25, 0.3) is 0 Å². The minimum absolute atomic E-state index is 0.00228. The predicted octanol–water partition coefficient (Wildman–Crippen LogP) is 2.84. The Kier molecular flexibility index (Phi) is 4.31. The van der Waals surface area contributed by atoms with Gasteiger partial charge in [-0.05, 0) is 42.0 Å². The molecule has 0 fully saturated rings. The van der Waals surface area contributed by atoms with Crippen LogP contribution in [-0.4, -0.2) is 23.8 Å². The number of benzene rings is 1. The summed E-state index contributed by atoms with van der Waals surface area (Å²) in [6.07, 6.45) is 4.20. The predicted molar refractivity (Wildman–Crippen MR) is 87.5 cm³/mol. The lowest BCUT2D eigenvalue weighted by Gasteiger charge is -2.23. The average Bonchev–Trinajstić information content (AvgIpc) is 2.55. The molecule has 3 N–H and O–H groups in total. The fourth-order valence-corrected chi connectivity index (χ4v) is 3.59. The third kappa shape index (κ3) is 2.93. The quantitative estimate of drug-likeness (QED) is 0.910. The van der Waals surface area contributed by atoms with E-state index in [1.54, 1.807) is 43.4 Å². The SMILES string of the molecule is COc1cc2c(cc1C(=O)Nc1ccncc1)SCC[C@H]2N. The normalized spacial score (nSPS) is 16.7. The smallest absolute Gasteiger partial charge is 0.259 e. The van der Waals surface area contributed by atoms with Crippen LogP contribution in [0, 0.1) is 0 Å². The summed E-state index contributed by atoms with van der Waals surface area (Å²) in [5.74, 6) is 1.31. The Morgan fingerprint density at radius 3 is 2.91 bits per heavy atom. The zero-order valence-corrected chi connectivity index (χ0v) is 13.0. The molecule has 1 aromatic heterocycles. The van der Waals surface area contributed by atoms with Crippen molar-refractivity contribution in [1.82, 2.24) is 4.98 Å². The molecule has 2 aromatic rings. The van der Waals surface area contributed by atoms with Crippen LogP contribution in [0.15, 0.2) is 41.6 Å². The zero-order chi connectivity index (χ0) is 15.5. The molecule has 1 aliphatic heterocycles. The maximum atomic E-state index is 12.5. The number of amides is 1. The Hall–Kier alpha value is -2.05. The first-order valence-electron chi connectivity index (χ1n) is 7.00. The highest BCUT2D eigenvalue weighted by Crippen LogP contribution is 2.39. The minimum atomic E-state index is -0.203. The van der Waals surface area contributed by atoms with Gasteiger partial charge in [-0.3, -0.25) is 9.78 Å². The van der Waals surface area contributed by atoms with Crippen LogP contribution in [-0.2, 0) is 0 Å². The molecule has 0 radical (unpaired) electrons. The second-order valence-corrected chi connectivity index (χ2v) is 6.16. The third-order valence-corrected chi connectivity index (χ3v) is 4.71. The molecule has 3 rings (SSSR count). The molecule has 2 heterocycles. The van der Waals surface area contributed by atoms with E-state index in [4.69, 9.17) is 10.5 Å². The Morgan fingerprint density at radius 2 is 2.18 bits per heavy atom.